The molecule has 0 heterocycles. The third-order valence-corrected chi connectivity index (χ3v) is 3.30. The monoisotopic (exact) mass is 317 g/mol. The molecule has 3 N–H and O–H groups in total. The molecule has 4 nitrogen and oxygen atoms in total. The molecule has 22 heavy (non-hydrogen) atoms. The first-order chi connectivity index (χ1) is 10.1. The van der Waals surface area contributed by atoms with Crippen molar-refractivity contribution in [1.82, 2.24) is 10.2 Å². The van der Waals surface area contributed by atoms with Crippen molar-refractivity contribution in [2.75, 3.05) is 26.7 Å². The Bertz CT molecular complexity index is 475. The van der Waals surface area contributed by atoms with Gasteiger partial charge in [-0.15, -0.1) is 0 Å². The number of hydrogen-bond acceptors (Lipinski definition) is 3. The van der Waals surface area contributed by atoms with Gasteiger partial charge in [0.15, 0.2) is 0 Å². The number of halogens is 3. The first kappa shape index (κ1) is 18.4. The van der Waals surface area contributed by atoms with Gasteiger partial charge in [-0.25, -0.2) is 0 Å². The fourth-order valence-electron chi connectivity index (χ4n) is 2.04. The molecule has 0 aromatic heterocycles. The lowest BCUT2D eigenvalue weighted by Gasteiger charge is -2.24. The van der Waals surface area contributed by atoms with Crippen molar-refractivity contribution in [2.45, 2.75) is 25.1 Å². The van der Waals surface area contributed by atoms with Crippen molar-refractivity contribution in [3.8, 4) is 0 Å². The van der Waals surface area contributed by atoms with Crippen LogP contribution < -0.4 is 11.1 Å². The summed E-state index contributed by atoms with van der Waals surface area (Å²) in [5.41, 5.74) is 5.55. The molecular formula is C15H22F3N3O. The average Bonchev–Trinajstić information content (AvgIpc) is 2.42. The Balaban J connectivity index is 2.37. The molecule has 124 valence electrons. The second kappa shape index (κ2) is 7.60. The number of amides is 1. The number of rotatable bonds is 7. The van der Waals surface area contributed by atoms with Crippen LogP contribution in [0.2, 0.25) is 0 Å². The van der Waals surface area contributed by atoms with E-state index in [2.05, 4.69) is 5.32 Å². The predicted molar refractivity (Wildman–Crippen MR) is 79.2 cm³/mol. The summed E-state index contributed by atoms with van der Waals surface area (Å²) in [5.74, 6) is -0.350. The molecule has 0 saturated carbocycles. The molecule has 0 saturated heterocycles. The number of nitrogens with two attached hydrogens (primary N) is 1. The molecule has 0 aliphatic rings. The maximum absolute atomic E-state index is 12.2. The standard InChI is InChI=1S/C15H22F3N3O/c1-14(19,12-7-4-3-5-8-12)13(22)20-9-6-10-21(2)11-15(16,17)18/h3-5,7-8H,6,9-11,19H2,1-2H3,(H,20,22). The molecule has 0 fully saturated rings. The Kier molecular flexibility index (Phi) is 6.37. The van der Waals surface area contributed by atoms with Gasteiger partial charge >= 0.3 is 6.18 Å². The highest BCUT2D eigenvalue weighted by atomic mass is 19.4. The van der Waals surface area contributed by atoms with E-state index in [4.69, 9.17) is 5.73 Å². The number of hydrogen-bond donors (Lipinski definition) is 2. The van der Waals surface area contributed by atoms with Gasteiger partial charge < -0.3 is 11.1 Å². The summed E-state index contributed by atoms with van der Waals surface area (Å²) in [6, 6.07) is 8.93. The highest BCUT2D eigenvalue weighted by Gasteiger charge is 2.30. The first-order valence-corrected chi connectivity index (χ1v) is 7.01. The van der Waals surface area contributed by atoms with Gasteiger partial charge in [0.2, 0.25) is 5.91 Å². The van der Waals surface area contributed by atoms with Crippen LogP contribution in [0.3, 0.4) is 0 Å². The Hall–Kier alpha value is -1.60. The average molecular weight is 317 g/mol. The van der Waals surface area contributed by atoms with Crippen LogP contribution in [0.1, 0.15) is 18.9 Å². The Morgan fingerprint density at radius 1 is 1.27 bits per heavy atom. The molecule has 1 rings (SSSR count). The minimum Gasteiger partial charge on any atom is -0.354 e. The molecule has 0 aliphatic heterocycles. The van der Waals surface area contributed by atoms with Gasteiger partial charge in [0.1, 0.15) is 5.54 Å². The van der Waals surface area contributed by atoms with Crippen molar-refractivity contribution in [1.29, 1.82) is 0 Å². The fraction of sp³-hybridized carbons (Fsp3) is 0.533. The molecule has 1 amide bonds. The summed E-state index contributed by atoms with van der Waals surface area (Å²) in [4.78, 5) is 13.3. The third-order valence-electron chi connectivity index (χ3n) is 3.30. The van der Waals surface area contributed by atoms with E-state index >= 15 is 0 Å². The van der Waals surface area contributed by atoms with E-state index < -0.39 is 18.3 Å². The van der Waals surface area contributed by atoms with Crippen molar-refractivity contribution in [3.63, 3.8) is 0 Å². The van der Waals surface area contributed by atoms with Gasteiger partial charge in [-0.2, -0.15) is 13.2 Å². The summed E-state index contributed by atoms with van der Waals surface area (Å²) < 4.78 is 36.5. The van der Waals surface area contributed by atoms with Gasteiger partial charge in [0.05, 0.1) is 6.54 Å². The Labute approximate surface area is 128 Å². The minimum atomic E-state index is -4.21. The van der Waals surface area contributed by atoms with Crippen LogP contribution in [0.5, 0.6) is 0 Å². The number of nitrogens with zero attached hydrogens (tertiary/aromatic N) is 1. The molecule has 0 aliphatic carbocycles. The van der Waals surface area contributed by atoms with Crippen LogP contribution >= 0.6 is 0 Å². The van der Waals surface area contributed by atoms with Crippen LogP contribution in [0.15, 0.2) is 30.3 Å². The summed E-state index contributed by atoms with van der Waals surface area (Å²) in [7, 11) is 1.40. The van der Waals surface area contributed by atoms with E-state index in [9.17, 15) is 18.0 Å². The lowest BCUT2D eigenvalue weighted by atomic mass is 9.92. The summed E-state index contributed by atoms with van der Waals surface area (Å²) in [6.45, 7) is 1.17. The quantitative estimate of drug-likeness (QED) is 0.755. The summed E-state index contributed by atoms with van der Waals surface area (Å²) >= 11 is 0. The Morgan fingerprint density at radius 2 is 1.86 bits per heavy atom. The normalized spacial score (nSPS) is 14.7. The second-order valence-corrected chi connectivity index (χ2v) is 5.53. The van der Waals surface area contributed by atoms with Gasteiger partial charge in [0, 0.05) is 6.54 Å². The minimum absolute atomic E-state index is 0.242. The van der Waals surface area contributed by atoms with Gasteiger partial charge in [-0.1, -0.05) is 30.3 Å². The lowest BCUT2D eigenvalue weighted by Crippen LogP contribution is -2.49. The topological polar surface area (TPSA) is 58.4 Å². The maximum Gasteiger partial charge on any atom is 0.401 e. The molecule has 1 aromatic carbocycles. The maximum atomic E-state index is 12.2. The van der Waals surface area contributed by atoms with Crippen molar-refractivity contribution >= 4 is 5.91 Å². The molecule has 1 unspecified atom stereocenters. The van der Waals surface area contributed by atoms with Crippen LogP contribution in [0.25, 0.3) is 0 Å². The van der Waals surface area contributed by atoms with Crippen LogP contribution in [0, 0.1) is 0 Å². The highest BCUT2D eigenvalue weighted by molar-refractivity contribution is 5.86. The van der Waals surface area contributed by atoms with E-state index in [0.717, 1.165) is 0 Å². The second-order valence-electron chi connectivity index (χ2n) is 5.53. The molecule has 0 spiro atoms. The first-order valence-electron chi connectivity index (χ1n) is 7.01. The lowest BCUT2D eigenvalue weighted by molar-refractivity contribution is -0.143. The molecule has 1 atom stereocenters. The van der Waals surface area contributed by atoms with Crippen molar-refractivity contribution < 1.29 is 18.0 Å². The highest BCUT2D eigenvalue weighted by Crippen LogP contribution is 2.17. The number of nitrogens with one attached hydrogen (secondary N) is 1. The van der Waals surface area contributed by atoms with Gasteiger partial charge in [-0.05, 0) is 32.5 Å². The number of carbonyl (C=O) groups excluding carboxylic acids is 1. The SMILES string of the molecule is CN(CCCNC(=O)C(C)(N)c1ccccc1)CC(F)(F)F. The molecular weight excluding hydrogens is 295 g/mol. The smallest absolute Gasteiger partial charge is 0.354 e. The Morgan fingerprint density at radius 3 is 2.41 bits per heavy atom. The van der Waals surface area contributed by atoms with E-state index in [1.165, 1.54) is 11.9 Å². The zero-order valence-corrected chi connectivity index (χ0v) is 12.8. The summed E-state index contributed by atoms with van der Waals surface area (Å²) in [6.07, 6.45) is -3.79. The number of alkyl halides is 3. The molecule has 1 aromatic rings. The zero-order valence-electron chi connectivity index (χ0n) is 12.8. The van der Waals surface area contributed by atoms with E-state index in [1.54, 1.807) is 31.2 Å². The van der Waals surface area contributed by atoms with Crippen LogP contribution in [-0.2, 0) is 10.3 Å². The number of benzene rings is 1. The number of carbonyl (C=O) groups is 1. The predicted octanol–water partition coefficient (Wildman–Crippen LogP) is 1.86. The van der Waals surface area contributed by atoms with Crippen LogP contribution in [0.4, 0.5) is 13.2 Å². The van der Waals surface area contributed by atoms with E-state index in [-0.39, 0.29) is 19.0 Å². The van der Waals surface area contributed by atoms with Crippen molar-refractivity contribution in [3.05, 3.63) is 35.9 Å². The molecule has 0 bridgehead atoms. The van der Waals surface area contributed by atoms with Crippen LogP contribution in [-0.4, -0.2) is 43.7 Å². The summed E-state index contributed by atoms with van der Waals surface area (Å²) in [5, 5.41) is 2.67. The third kappa shape index (κ3) is 6.03. The van der Waals surface area contributed by atoms with E-state index in [1.807, 2.05) is 6.07 Å². The van der Waals surface area contributed by atoms with Crippen molar-refractivity contribution in [2.24, 2.45) is 5.73 Å². The largest absolute Gasteiger partial charge is 0.401 e. The van der Waals surface area contributed by atoms with E-state index in [0.29, 0.717) is 12.0 Å². The fourth-order valence-corrected chi connectivity index (χ4v) is 2.04. The molecule has 7 heteroatoms. The van der Waals surface area contributed by atoms with Gasteiger partial charge in [-0.3, -0.25) is 9.69 Å². The molecule has 0 radical (unpaired) electrons. The van der Waals surface area contributed by atoms with Gasteiger partial charge in [0.25, 0.3) is 0 Å². The zero-order chi connectivity index (χ0) is 16.8.